The van der Waals surface area contributed by atoms with Crippen molar-refractivity contribution in [3.05, 3.63) is 46.3 Å². The van der Waals surface area contributed by atoms with Gasteiger partial charge < -0.3 is 10.4 Å². The van der Waals surface area contributed by atoms with Gasteiger partial charge in [0.2, 0.25) is 0 Å². The van der Waals surface area contributed by atoms with Crippen LogP contribution in [0, 0.1) is 15.9 Å². The van der Waals surface area contributed by atoms with E-state index in [-0.39, 0.29) is 11.7 Å². The molecule has 1 rings (SSSR count). The van der Waals surface area contributed by atoms with E-state index in [1.54, 1.807) is 13.0 Å². The van der Waals surface area contributed by atoms with Crippen LogP contribution < -0.4 is 5.32 Å². The Morgan fingerprint density at radius 1 is 1.68 bits per heavy atom. The minimum atomic E-state index is -1.48. The van der Waals surface area contributed by atoms with Crippen molar-refractivity contribution in [2.75, 3.05) is 5.32 Å². The van der Waals surface area contributed by atoms with Gasteiger partial charge in [-0.15, -0.1) is 6.58 Å². The summed E-state index contributed by atoms with van der Waals surface area (Å²) >= 11 is 0. The molecule has 0 heterocycles. The van der Waals surface area contributed by atoms with Gasteiger partial charge in [-0.3, -0.25) is 10.1 Å². The number of nitrogens with one attached hydrogen (secondary N) is 1. The molecule has 1 atom stereocenters. The van der Waals surface area contributed by atoms with E-state index in [0.29, 0.717) is 12.5 Å². The predicted molar refractivity (Wildman–Crippen MR) is 67.9 cm³/mol. The summed E-state index contributed by atoms with van der Waals surface area (Å²) in [6.45, 7) is 5.28. The van der Waals surface area contributed by atoms with E-state index in [1.807, 2.05) is 0 Å². The van der Waals surface area contributed by atoms with E-state index in [4.69, 9.17) is 5.11 Å². The summed E-state index contributed by atoms with van der Waals surface area (Å²) in [4.78, 5) is 20.7. The fraction of sp³-hybridized carbons (Fsp3) is 0.250. The zero-order chi connectivity index (χ0) is 14.6. The Kier molecular flexibility index (Phi) is 4.57. The molecule has 0 fully saturated rings. The molecule has 7 heteroatoms. The van der Waals surface area contributed by atoms with Gasteiger partial charge in [-0.05, 0) is 19.4 Å². The van der Waals surface area contributed by atoms with Crippen LogP contribution >= 0.6 is 0 Å². The second-order valence-electron chi connectivity index (χ2n) is 3.98. The normalized spacial score (nSPS) is 11.7. The van der Waals surface area contributed by atoms with Gasteiger partial charge in [-0.2, -0.15) is 0 Å². The van der Waals surface area contributed by atoms with E-state index in [2.05, 4.69) is 11.9 Å². The van der Waals surface area contributed by atoms with Crippen molar-refractivity contribution in [1.29, 1.82) is 0 Å². The molecule has 0 radical (unpaired) electrons. The van der Waals surface area contributed by atoms with Gasteiger partial charge in [0, 0.05) is 6.04 Å². The minimum absolute atomic E-state index is 0.0858. The standard InChI is InChI=1S/C12H13FN2O4/c1-3-4-7(2)14-10-5-8(12(16)17)11(15(18)19)6-9(10)13/h3,5-7,14H,1,4H2,2H3,(H,16,17). The SMILES string of the molecule is C=CCC(C)Nc1cc(C(=O)O)c([N+](=O)[O-])cc1F. The van der Waals surface area contributed by atoms with Crippen LogP contribution in [0.4, 0.5) is 15.8 Å². The van der Waals surface area contributed by atoms with Crippen LogP contribution in [0.2, 0.25) is 0 Å². The van der Waals surface area contributed by atoms with Gasteiger partial charge >= 0.3 is 5.97 Å². The topological polar surface area (TPSA) is 92.5 Å². The fourth-order valence-corrected chi connectivity index (χ4v) is 1.57. The molecule has 0 saturated heterocycles. The molecule has 1 aromatic rings. The third-order valence-electron chi connectivity index (χ3n) is 2.43. The molecule has 0 aliphatic carbocycles. The quantitative estimate of drug-likeness (QED) is 0.470. The molecular weight excluding hydrogens is 255 g/mol. The van der Waals surface area contributed by atoms with E-state index in [9.17, 15) is 19.3 Å². The number of carbonyl (C=O) groups is 1. The highest BCUT2D eigenvalue weighted by Gasteiger charge is 2.23. The van der Waals surface area contributed by atoms with E-state index >= 15 is 0 Å². The third-order valence-corrected chi connectivity index (χ3v) is 2.43. The summed E-state index contributed by atoms with van der Waals surface area (Å²) in [5.41, 5.74) is -1.41. The Balaban J connectivity index is 3.21. The molecule has 0 amide bonds. The molecule has 6 nitrogen and oxygen atoms in total. The Hall–Kier alpha value is -2.44. The van der Waals surface area contributed by atoms with Crippen molar-refractivity contribution < 1.29 is 19.2 Å². The molecule has 0 aliphatic rings. The number of rotatable bonds is 6. The first-order valence-electron chi connectivity index (χ1n) is 5.45. The molecule has 0 bridgehead atoms. The van der Waals surface area contributed by atoms with Gasteiger partial charge in [0.1, 0.15) is 5.56 Å². The van der Waals surface area contributed by atoms with Gasteiger partial charge in [0.25, 0.3) is 5.69 Å². The number of carboxylic acids is 1. The number of nitro benzene ring substituents is 1. The third kappa shape index (κ3) is 3.51. The molecular formula is C12H13FN2O4. The summed E-state index contributed by atoms with van der Waals surface area (Å²) in [6.07, 6.45) is 2.16. The highest BCUT2D eigenvalue weighted by molar-refractivity contribution is 5.93. The molecule has 0 spiro atoms. The van der Waals surface area contributed by atoms with Crippen LogP contribution in [-0.2, 0) is 0 Å². The van der Waals surface area contributed by atoms with Crippen molar-refractivity contribution in [2.24, 2.45) is 0 Å². The van der Waals surface area contributed by atoms with Gasteiger partial charge in [0.15, 0.2) is 5.82 Å². The predicted octanol–water partition coefficient (Wildman–Crippen LogP) is 2.81. The fourth-order valence-electron chi connectivity index (χ4n) is 1.57. The number of anilines is 1. The smallest absolute Gasteiger partial charge is 0.342 e. The first-order valence-corrected chi connectivity index (χ1v) is 5.45. The number of carboxylic acid groups (broad SMARTS) is 1. The largest absolute Gasteiger partial charge is 0.477 e. The van der Waals surface area contributed by atoms with Gasteiger partial charge in [-0.1, -0.05) is 6.08 Å². The summed E-state index contributed by atoms with van der Waals surface area (Å²) in [5, 5.41) is 22.3. The molecule has 0 aromatic heterocycles. The molecule has 0 aliphatic heterocycles. The monoisotopic (exact) mass is 268 g/mol. The van der Waals surface area contributed by atoms with Crippen molar-refractivity contribution in [1.82, 2.24) is 0 Å². The molecule has 1 aromatic carbocycles. The van der Waals surface area contributed by atoms with E-state index < -0.39 is 28.0 Å². The maximum Gasteiger partial charge on any atom is 0.342 e. The first kappa shape index (κ1) is 14.6. The van der Waals surface area contributed by atoms with Crippen molar-refractivity contribution in [3.63, 3.8) is 0 Å². The van der Waals surface area contributed by atoms with Crippen LogP contribution in [0.5, 0.6) is 0 Å². The zero-order valence-electron chi connectivity index (χ0n) is 10.2. The maximum absolute atomic E-state index is 13.7. The lowest BCUT2D eigenvalue weighted by molar-refractivity contribution is -0.385. The van der Waals surface area contributed by atoms with Crippen LogP contribution in [-0.4, -0.2) is 22.0 Å². The number of hydrogen-bond acceptors (Lipinski definition) is 4. The van der Waals surface area contributed by atoms with Gasteiger partial charge in [0.05, 0.1) is 16.7 Å². The Bertz CT molecular complexity index is 531. The highest BCUT2D eigenvalue weighted by Crippen LogP contribution is 2.26. The Labute approximate surface area is 108 Å². The van der Waals surface area contributed by atoms with Crippen molar-refractivity contribution in [2.45, 2.75) is 19.4 Å². The van der Waals surface area contributed by atoms with Crippen LogP contribution in [0.25, 0.3) is 0 Å². The molecule has 0 saturated carbocycles. The number of hydrogen-bond donors (Lipinski definition) is 2. The number of halogens is 1. The minimum Gasteiger partial charge on any atom is -0.477 e. The van der Waals surface area contributed by atoms with Crippen LogP contribution in [0.1, 0.15) is 23.7 Å². The average molecular weight is 268 g/mol. The zero-order valence-corrected chi connectivity index (χ0v) is 10.2. The number of aromatic carboxylic acids is 1. The molecule has 1 unspecified atom stereocenters. The lowest BCUT2D eigenvalue weighted by Gasteiger charge is -2.14. The summed E-state index contributed by atoms with van der Waals surface area (Å²) < 4.78 is 13.7. The Morgan fingerprint density at radius 3 is 2.79 bits per heavy atom. The second-order valence-corrected chi connectivity index (χ2v) is 3.98. The summed E-state index contributed by atoms with van der Waals surface area (Å²) in [7, 11) is 0. The van der Waals surface area contributed by atoms with E-state index in [0.717, 1.165) is 6.07 Å². The highest BCUT2D eigenvalue weighted by atomic mass is 19.1. The average Bonchev–Trinajstić information content (AvgIpc) is 2.31. The molecule has 102 valence electrons. The summed E-state index contributed by atoms with van der Waals surface area (Å²) in [6, 6.07) is 1.36. The lowest BCUT2D eigenvalue weighted by atomic mass is 10.1. The first-order chi connectivity index (χ1) is 8.86. The second kappa shape index (κ2) is 5.94. The number of nitrogens with zero attached hydrogens (tertiary/aromatic N) is 1. The van der Waals surface area contributed by atoms with Crippen LogP contribution in [0.3, 0.4) is 0 Å². The summed E-state index contributed by atoms with van der Waals surface area (Å²) in [5.74, 6) is -2.35. The van der Waals surface area contributed by atoms with Gasteiger partial charge in [-0.25, -0.2) is 9.18 Å². The number of benzene rings is 1. The number of nitro groups is 1. The molecule has 2 N–H and O–H groups in total. The maximum atomic E-state index is 13.7. The van der Waals surface area contributed by atoms with Crippen molar-refractivity contribution in [3.8, 4) is 0 Å². The van der Waals surface area contributed by atoms with Crippen LogP contribution in [0.15, 0.2) is 24.8 Å². The lowest BCUT2D eigenvalue weighted by Crippen LogP contribution is -2.16. The van der Waals surface area contributed by atoms with E-state index in [1.165, 1.54) is 0 Å². The Morgan fingerprint density at radius 2 is 2.32 bits per heavy atom. The molecule has 19 heavy (non-hydrogen) atoms. The van der Waals surface area contributed by atoms with Crippen molar-refractivity contribution >= 4 is 17.3 Å².